The van der Waals surface area contributed by atoms with E-state index in [1.807, 2.05) is 13.8 Å². The second kappa shape index (κ2) is 6.23. The summed E-state index contributed by atoms with van der Waals surface area (Å²) in [7, 11) is 0. The van der Waals surface area contributed by atoms with Crippen molar-refractivity contribution in [1.82, 2.24) is 10.2 Å². The minimum atomic E-state index is -1.43. The first kappa shape index (κ1) is 17.3. The smallest absolute Gasteiger partial charge is 0.325 e. The van der Waals surface area contributed by atoms with Crippen molar-refractivity contribution in [2.24, 2.45) is 5.92 Å². The lowest BCUT2D eigenvalue weighted by Crippen LogP contribution is -2.51. The minimum Gasteiger partial charge on any atom is -0.386 e. The number of aliphatic hydroxyl groups is 1. The Kier molecular flexibility index (Phi) is 4.70. The third-order valence-electron chi connectivity index (χ3n) is 4.42. The molecule has 1 aromatic rings. The molecule has 2 atom stereocenters. The Labute approximate surface area is 133 Å². The fourth-order valence-electron chi connectivity index (χ4n) is 2.89. The van der Waals surface area contributed by atoms with Gasteiger partial charge in [-0.15, -0.1) is 0 Å². The van der Waals surface area contributed by atoms with Crippen LogP contribution in [0.2, 0.25) is 0 Å². The summed E-state index contributed by atoms with van der Waals surface area (Å²) in [6.45, 7) is 5.04. The maximum Gasteiger partial charge on any atom is 0.325 e. The average molecular weight is 326 g/mol. The highest BCUT2D eigenvalue weighted by molar-refractivity contribution is 6.07. The average Bonchev–Trinajstić information content (AvgIpc) is 2.72. The van der Waals surface area contributed by atoms with E-state index in [1.165, 1.54) is 0 Å². The van der Waals surface area contributed by atoms with Gasteiger partial charge in [0.2, 0.25) is 0 Å². The highest BCUT2D eigenvalue weighted by atomic mass is 19.1. The molecule has 0 bridgehead atoms. The van der Waals surface area contributed by atoms with Crippen LogP contribution in [0.5, 0.6) is 0 Å². The summed E-state index contributed by atoms with van der Waals surface area (Å²) >= 11 is 0. The Morgan fingerprint density at radius 3 is 2.43 bits per heavy atom. The fourth-order valence-corrected chi connectivity index (χ4v) is 2.89. The molecule has 3 amide bonds. The van der Waals surface area contributed by atoms with Gasteiger partial charge in [0, 0.05) is 11.6 Å². The van der Waals surface area contributed by atoms with E-state index >= 15 is 0 Å². The molecule has 0 saturated carbocycles. The summed E-state index contributed by atoms with van der Waals surface area (Å²) < 4.78 is 26.6. The van der Waals surface area contributed by atoms with Gasteiger partial charge in [0.05, 0.1) is 12.6 Å². The number of carbonyl (C=O) groups excluding carboxylic acids is 2. The number of benzene rings is 1. The van der Waals surface area contributed by atoms with Crippen LogP contribution in [-0.2, 0) is 4.79 Å². The summed E-state index contributed by atoms with van der Waals surface area (Å²) in [5, 5.41) is 12.8. The van der Waals surface area contributed by atoms with E-state index in [-0.39, 0.29) is 18.0 Å². The lowest BCUT2D eigenvalue weighted by molar-refractivity contribution is -0.134. The van der Waals surface area contributed by atoms with Gasteiger partial charge in [-0.1, -0.05) is 26.8 Å². The zero-order valence-electron chi connectivity index (χ0n) is 13.3. The van der Waals surface area contributed by atoms with Crippen LogP contribution in [-0.4, -0.2) is 34.0 Å². The van der Waals surface area contributed by atoms with Crippen molar-refractivity contribution in [3.63, 3.8) is 0 Å². The number of hydrogen-bond acceptors (Lipinski definition) is 3. The van der Waals surface area contributed by atoms with E-state index < -0.39 is 35.2 Å². The number of rotatable bonds is 5. The molecule has 0 radical (unpaired) electrons. The molecule has 126 valence electrons. The molecule has 1 fully saturated rings. The largest absolute Gasteiger partial charge is 0.386 e. The molecular formula is C16H20F2N2O3. The molecule has 2 rings (SSSR count). The number of urea groups is 1. The van der Waals surface area contributed by atoms with Gasteiger partial charge in [-0.05, 0) is 18.4 Å². The quantitative estimate of drug-likeness (QED) is 0.816. The van der Waals surface area contributed by atoms with Crippen molar-refractivity contribution in [2.45, 2.75) is 38.8 Å². The zero-order valence-corrected chi connectivity index (χ0v) is 13.3. The molecule has 1 aliphatic rings. The minimum absolute atomic E-state index is 0.131. The van der Waals surface area contributed by atoms with Crippen molar-refractivity contribution >= 4 is 11.9 Å². The van der Waals surface area contributed by atoms with Gasteiger partial charge >= 0.3 is 6.03 Å². The summed E-state index contributed by atoms with van der Waals surface area (Å²) in [4.78, 5) is 25.6. The van der Waals surface area contributed by atoms with Gasteiger partial charge in [-0.2, -0.15) is 0 Å². The van der Waals surface area contributed by atoms with Gasteiger partial charge in [0.15, 0.2) is 0 Å². The van der Waals surface area contributed by atoms with Crippen LogP contribution in [0.1, 0.15) is 38.9 Å². The van der Waals surface area contributed by atoms with Gasteiger partial charge in [0.1, 0.15) is 17.2 Å². The summed E-state index contributed by atoms with van der Waals surface area (Å²) in [6, 6.07) is 2.14. The molecule has 1 aromatic carbocycles. The summed E-state index contributed by atoms with van der Waals surface area (Å²) in [6.07, 6.45) is -1.02. The number of aliphatic hydroxyl groups excluding tert-OH is 1. The predicted molar refractivity (Wildman–Crippen MR) is 79.4 cm³/mol. The Balaban J connectivity index is 2.23. The van der Waals surface area contributed by atoms with Gasteiger partial charge < -0.3 is 10.4 Å². The Morgan fingerprint density at radius 1 is 1.30 bits per heavy atom. The molecule has 1 saturated heterocycles. The van der Waals surface area contributed by atoms with Crippen LogP contribution in [0.3, 0.4) is 0 Å². The van der Waals surface area contributed by atoms with Crippen molar-refractivity contribution < 1.29 is 23.5 Å². The van der Waals surface area contributed by atoms with Crippen molar-refractivity contribution in [2.75, 3.05) is 6.54 Å². The Bertz CT molecular complexity index is 636. The number of amides is 3. The number of hydrogen-bond donors (Lipinski definition) is 2. The number of halogens is 2. The van der Waals surface area contributed by atoms with Crippen LogP contribution >= 0.6 is 0 Å². The first-order valence-corrected chi connectivity index (χ1v) is 7.50. The normalized spacial score (nSPS) is 22.7. The first-order valence-electron chi connectivity index (χ1n) is 7.50. The monoisotopic (exact) mass is 326 g/mol. The molecule has 7 heteroatoms. The molecule has 1 aliphatic heterocycles. The predicted octanol–water partition coefficient (Wildman–Crippen LogP) is 2.35. The number of imide groups is 1. The lowest BCUT2D eigenvalue weighted by atomic mass is 9.84. The van der Waals surface area contributed by atoms with E-state index in [1.54, 1.807) is 6.92 Å². The number of nitrogens with one attached hydrogen (secondary N) is 1. The Hall–Kier alpha value is -2.02. The molecule has 2 unspecified atom stereocenters. The summed E-state index contributed by atoms with van der Waals surface area (Å²) in [5.41, 5.74) is -1.18. The molecular weight excluding hydrogens is 306 g/mol. The van der Waals surface area contributed by atoms with Gasteiger partial charge in [0.25, 0.3) is 5.91 Å². The van der Waals surface area contributed by atoms with E-state index in [2.05, 4.69) is 5.32 Å². The van der Waals surface area contributed by atoms with E-state index in [0.717, 1.165) is 17.0 Å². The van der Waals surface area contributed by atoms with E-state index in [0.29, 0.717) is 12.5 Å². The third-order valence-corrected chi connectivity index (χ3v) is 4.42. The van der Waals surface area contributed by atoms with Gasteiger partial charge in [-0.25, -0.2) is 13.6 Å². The lowest BCUT2D eigenvalue weighted by Gasteiger charge is -2.29. The summed E-state index contributed by atoms with van der Waals surface area (Å²) in [5.74, 6) is -2.26. The van der Waals surface area contributed by atoms with Crippen LogP contribution in [0.15, 0.2) is 18.2 Å². The third kappa shape index (κ3) is 2.93. The molecule has 0 aromatic heterocycles. The van der Waals surface area contributed by atoms with Crippen molar-refractivity contribution in [3.05, 3.63) is 35.4 Å². The van der Waals surface area contributed by atoms with E-state index in [4.69, 9.17) is 0 Å². The molecule has 5 nitrogen and oxygen atoms in total. The van der Waals surface area contributed by atoms with Gasteiger partial charge in [-0.3, -0.25) is 9.69 Å². The highest BCUT2D eigenvalue weighted by Gasteiger charge is 2.52. The number of nitrogens with zero attached hydrogens (tertiary/aromatic N) is 1. The second-order valence-electron chi connectivity index (χ2n) is 6.01. The van der Waals surface area contributed by atoms with Crippen molar-refractivity contribution in [3.8, 4) is 0 Å². The Morgan fingerprint density at radius 2 is 1.96 bits per heavy atom. The maximum absolute atomic E-state index is 13.7. The molecule has 23 heavy (non-hydrogen) atoms. The van der Waals surface area contributed by atoms with Crippen LogP contribution in [0, 0.1) is 17.6 Å². The van der Waals surface area contributed by atoms with E-state index in [9.17, 15) is 23.5 Å². The SMILES string of the molecule is CCC1(C(C)C)NC(=O)N(CC(O)c2ccc(F)cc2F)C1=O. The molecule has 0 spiro atoms. The molecule has 1 heterocycles. The first-order chi connectivity index (χ1) is 10.7. The van der Waals surface area contributed by atoms with Crippen LogP contribution in [0.25, 0.3) is 0 Å². The standard InChI is InChI=1S/C16H20F2N2O3/c1-4-16(9(2)3)14(22)20(15(23)19-16)8-13(21)11-6-5-10(17)7-12(11)18/h5-7,9,13,21H,4,8H2,1-3H3,(H,19,23). The topological polar surface area (TPSA) is 69.6 Å². The maximum atomic E-state index is 13.7. The highest BCUT2D eigenvalue weighted by Crippen LogP contribution is 2.30. The second-order valence-corrected chi connectivity index (χ2v) is 6.01. The van der Waals surface area contributed by atoms with Crippen LogP contribution < -0.4 is 5.32 Å². The number of carbonyl (C=O) groups is 2. The number of β-amino-alcohol motifs (C(OH)–C–C–N with tert-alkyl or cyclic N) is 1. The van der Waals surface area contributed by atoms with Crippen molar-refractivity contribution in [1.29, 1.82) is 0 Å². The fraction of sp³-hybridized carbons (Fsp3) is 0.500. The molecule has 0 aliphatic carbocycles. The zero-order chi connectivity index (χ0) is 17.4. The molecule has 2 N–H and O–H groups in total. The van der Waals surface area contributed by atoms with Crippen LogP contribution in [0.4, 0.5) is 13.6 Å².